The van der Waals surface area contributed by atoms with Gasteiger partial charge >= 0.3 is 41.8 Å². The summed E-state index contributed by atoms with van der Waals surface area (Å²) in [6, 6.07) is 0. The average molecular weight is 855 g/mol. The quantitative estimate of drug-likeness (QED) is 0.137. The number of rotatable bonds is 21. The number of esters is 7. The van der Waals surface area contributed by atoms with Crippen molar-refractivity contribution < 1.29 is 76.2 Å². The Morgan fingerprint density at radius 2 is 1.09 bits per heavy atom. The van der Waals surface area contributed by atoms with Gasteiger partial charge in [0.15, 0.2) is 36.6 Å². The van der Waals surface area contributed by atoms with Crippen molar-refractivity contribution in [2.24, 2.45) is 0 Å². The van der Waals surface area contributed by atoms with Crippen molar-refractivity contribution in [3.05, 3.63) is 0 Å². The van der Waals surface area contributed by atoms with E-state index in [1.54, 1.807) is 6.92 Å². The third kappa shape index (κ3) is 18.2. The van der Waals surface area contributed by atoms with Crippen LogP contribution in [-0.2, 0) is 71.5 Å². The number of nitrogens with one attached hydrogen (secondary N) is 1. The molecule has 0 bridgehead atoms. The Hall–Kier alpha value is -4.34. The molecular formula is C35H55ClN4O16S. The summed E-state index contributed by atoms with van der Waals surface area (Å²) in [5, 5.41) is 3.24. The third-order valence-electron chi connectivity index (χ3n) is 7.52. The largest absolute Gasteiger partial charge is 0.470 e. The number of carbonyl (C=O) groups is 7. The SMILES string of the molecule is CCCC(=O)O[C@@H](C)C(=O)O[C@@H](C)C(=O)O[C@@H](C)C(=O)O[C@@H](C)C(=O)O[C@@H](C)C(=O)O[C@@H](C)C(=O)O[C@@H](CNC(C)(C)C)COc1nsnc1N1CCOCC1.Cl. The minimum atomic E-state index is -1.57. The van der Waals surface area contributed by atoms with Gasteiger partial charge in [-0.25, -0.2) is 28.8 Å². The number of hydrogen-bond donors (Lipinski definition) is 1. The molecule has 0 amide bonds. The van der Waals surface area contributed by atoms with Crippen LogP contribution in [0.1, 0.15) is 82.1 Å². The summed E-state index contributed by atoms with van der Waals surface area (Å²) >= 11 is 0.983. The van der Waals surface area contributed by atoms with E-state index >= 15 is 0 Å². The van der Waals surface area contributed by atoms with E-state index in [-0.39, 0.29) is 43.4 Å². The Balaban J connectivity index is 0.0000162. The molecule has 57 heavy (non-hydrogen) atoms. The first-order valence-electron chi connectivity index (χ1n) is 18.2. The summed E-state index contributed by atoms with van der Waals surface area (Å²) < 4.78 is 55.6. The van der Waals surface area contributed by atoms with Crippen LogP contribution in [0.3, 0.4) is 0 Å². The van der Waals surface area contributed by atoms with Crippen LogP contribution in [0.25, 0.3) is 0 Å². The van der Waals surface area contributed by atoms with E-state index in [4.69, 9.17) is 42.6 Å². The smallest absolute Gasteiger partial charge is 0.347 e. The second kappa shape index (κ2) is 24.4. The highest BCUT2D eigenvalue weighted by Crippen LogP contribution is 2.26. The summed E-state index contributed by atoms with van der Waals surface area (Å²) in [6.45, 7) is 17.2. The van der Waals surface area contributed by atoms with Crippen molar-refractivity contribution in [1.82, 2.24) is 14.1 Å². The fourth-order valence-corrected chi connectivity index (χ4v) is 4.84. The Kier molecular flexibility index (Phi) is 21.7. The highest BCUT2D eigenvalue weighted by Gasteiger charge is 2.33. The molecule has 0 aliphatic carbocycles. The lowest BCUT2D eigenvalue weighted by Gasteiger charge is -2.28. The maximum absolute atomic E-state index is 13.0. The number of morpholine rings is 1. The summed E-state index contributed by atoms with van der Waals surface area (Å²) in [4.78, 5) is 89.0. The van der Waals surface area contributed by atoms with Crippen LogP contribution in [0.4, 0.5) is 5.82 Å². The van der Waals surface area contributed by atoms with Gasteiger partial charge in [-0.05, 0) is 68.7 Å². The van der Waals surface area contributed by atoms with E-state index in [0.29, 0.717) is 38.5 Å². The Labute approximate surface area is 341 Å². The van der Waals surface area contributed by atoms with Crippen LogP contribution >= 0.6 is 24.1 Å². The molecule has 324 valence electrons. The molecule has 2 heterocycles. The van der Waals surface area contributed by atoms with Crippen LogP contribution in [0.15, 0.2) is 0 Å². The highest BCUT2D eigenvalue weighted by atomic mass is 35.5. The van der Waals surface area contributed by atoms with E-state index in [0.717, 1.165) is 25.6 Å². The number of hydrogen-bond acceptors (Lipinski definition) is 21. The third-order valence-corrected chi connectivity index (χ3v) is 8.02. The zero-order valence-electron chi connectivity index (χ0n) is 33.9. The lowest BCUT2D eigenvalue weighted by molar-refractivity contribution is -0.188. The molecule has 22 heteroatoms. The molecule has 0 unspecified atom stereocenters. The van der Waals surface area contributed by atoms with Gasteiger partial charge < -0.3 is 52.8 Å². The van der Waals surface area contributed by atoms with E-state index in [9.17, 15) is 33.6 Å². The first-order chi connectivity index (χ1) is 26.2. The minimum Gasteiger partial charge on any atom is -0.470 e. The number of aromatic nitrogens is 2. The van der Waals surface area contributed by atoms with Gasteiger partial charge in [-0.1, -0.05) is 6.92 Å². The molecule has 1 aromatic heterocycles. The predicted octanol–water partition coefficient (Wildman–Crippen LogP) is 1.87. The maximum Gasteiger partial charge on any atom is 0.347 e. The van der Waals surface area contributed by atoms with Crippen molar-refractivity contribution in [2.45, 2.75) is 130 Å². The van der Waals surface area contributed by atoms with Crippen molar-refractivity contribution in [1.29, 1.82) is 0 Å². The van der Waals surface area contributed by atoms with Crippen molar-refractivity contribution in [3.63, 3.8) is 0 Å². The summed E-state index contributed by atoms with van der Waals surface area (Å²) in [5.41, 5.74) is -0.335. The molecule has 1 aliphatic heterocycles. The molecule has 20 nitrogen and oxygen atoms in total. The van der Waals surface area contributed by atoms with Crippen LogP contribution in [0.5, 0.6) is 5.88 Å². The number of halogens is 1. The van der Waals surface area contributed by atoms with Crippen LogP contribution < -0.4 is 15.0 Å². The molecule has 1 N–H and O–H groups in total. The minimum absolute atomic E-state index is 0. The molecule has 0 radical (unpaired) electrons. The second-order valence-electron chi connectivity index (χ2n) is 13.8. The molecule has 1 saturated heterocycles. The van der Waals surface area contributed by atoms with Gasteiger partial charge in [0.25, 0.3) is 5.88 Å². The van der Waals surface area contributed by atoms with Gasteiger partial charge in [0.1, 0.15) is 12.7 Å². The van der Waals surface area contributed by atoms with Gasteiger partial charge in [0.2, 0.25) is 5.82 Å². The van der Waals surface area contributed by atoms with Gasteiger partial charge in [0, 0.05) is 31.6 Å². The standard InChI is InChI=1S/C35H54N4O16S.ClH/c1-11-12-26(40)49-19(2)29(41)50-20(3)30(42)51-21(4)31(43)52-22(5)32(44)53-23(6)33(45)54-24(7)34(46)55-25(17-36-35(8,9)10)18-48-28-27(37-56-38-28)39-13-15-47-16-14-39;/h19-25,36H,11-18H2,1-10H3;1H/t19-,20-,21-,22-,23-,24-,25-;/m0./s1. The molecule has 1 fully saturated rings. The van der Waals surface area contributed by atoms with Crippen LogP contribution in [0, 0.1) is 0 Å². The average Bonchev–Trinajstić information content (AvgIpc) is 3.61. The normalized spacial score (nSPS) is 16.4. The van der Waals surface area contributed by atoms with Crippen molar-refractivity contribution in [3.8, 4) is 5.88 Å². The fourth-order valence-electron chi connectivity index (χ4n) is 4.32. The maximum atomic E-state index is 13.0. The van der Waals surface area contributed by atoms with Crippen LogP contribution in [-0.4, -0.2) is 138 Å². The predicted molar refractivity (Wildman–Crippen MR) is 202 cm³/mol. The number of anilines is 1. The summed E-state index contributed by atoms with van der Waals surface area (Å²) in [7, 11) is 0. The zero-order chi connectivity index (χ0) is 42.2. The van der Waals surface area contributed by atoms with Gasteiger partial charge in [-0.3, -0.25) is 4.79 Å². The zero-order valence-corrected chi connectivity index (χ0v) is 35.5. The first kappa shape index (κ1) is 50.7. The number of ether oxygens (including phenoxy) is 9. The van der Waals surface area contributed by atoms with Crippen molar-refractivity contribution in [2.75, 3.05) is 44.4 Å². The van der Waals surface area contributed by atoms with Crippen molar-refractivity contribution >= 4 is 71.7 Å². The lowest BCUT2D eigenvalue weighted by atomic mass is 10.1. The van der Waals surface area contributed by atoms with E-state index < -0.39 is 84.5 Å². The first-order valence-corrected chi connectivity index (χ1v) is 18.9. The fraction of sp³-hybridized carbons (Fsp3) is 0.743. The van der Waals surface area contributed by atoms with Crippen LogP contribution in [0.2, 0.25) is 0 Å². The molecule has 0 saturated carbocycles. The monoisotopic (exact) mass is 854 g/mol. The van der Waals surface area contributed by atoms with E-state index in [1.807, 2.05) is 25.7 Å². The molecule has 7 atom stereocenters. The summed E-state index contributed by atoms with van der Waals surface area (Å²) in [6.07, 6.45) is -9.06. The summed E-state index contributed by atoms with van der Waals surface area (Å²) in [5.74, 6) is -6.18. The molecule has 0 aromatic carbocycles. The van der Waals surface area contributed by atoms with E-state index in [2.05, 4.69) is 14.1 Å². The lowest BCUT2D eigenvalue weighted by Crippen LogP contribution is -2.45. The molecule has 0 spiro atoms. The molecule has 1 aliphatic rings. The van der Waals surface area contributed by atoms with Gasteiger partial charge in [0.05, 0.1) is 24.9 Å². The number of nitrogens with zero attached hydrogens (tertiary/aromatic N) is 3. The highest BCUT2D eigenvalue weighted by molar-refractivity contribution is 6.99. The topological polar surface area (TPSA) is 244 Å². The second-order valence-corrected chi connectivity index (χ2v) is 14.3. The Morgan fingerprint density at radius 3 is 1.49 bits per heavy atom. The Morgan fingerprint density at radius 1 is 0.684 bits per heavy atom. The molecule has 2 rings (SSSR count). The number of carbonyl (C=O) groups excluding carboxylic acids is 7. The van der Waals surface area contributed by atoms with E-state index in [1.165, 1.54) is 27.7 Å². The Bertz CT molecular complexity index is 1500. The van der Waals surface area contributed by atoms with Gasteiger partial charge in [-0.2, -0.15) is 4.37 Å². The molecular weight excluding hydrogens is 800 g/mol. The molecule has 1 aromatic rings. The van der Waals surface area contributed by atoms with Gasteiger partial charge in [-0.15, -0.1) is 16.8 Å².